The topological polar surface area (TPSA) is 118 Å². The fourth-order valence-corrected chi connectivity index (χ4v) is 4.05. The van der Waals surface area contributed by atoms with E-state index in [0.717, 1.165) is 16.8 Å². The van der Waals surface area contributed by atoms with Crippen LogP contribution >= 0.6 is 0 Å². The molecular formula is C21H28FN7O3. The van der Waals surface area contributed by atoms with E-state index in [2.05, 4.69) is 30.9 Å². The lowest BCUT2D eigenvalue weighted by Gasteiger charge is -2.18. The van der Waals surface area contributed by atoms with Crippen LogP contribution in [0.3, 0.4) is 0 Å². The largest absolute Gasteiger partial charge is 0.443 e. The van der Waals surface area contributed by atoms with Crippen molar-refractivity contribution in [1.82, 2.24) is 30.1 Å². The Kier molecular flexibility index (Phi) is 6.26. The van der Waals surface area contributed by atoms with Crippen molar-refractivity contribution >= 4 is 23.2 Å². The molecule has 3 atom stereocenters. The first kappa shape index (κ1) is 22.0. The maximum atomic E-state index is 15.0. The Morgan fingerprint density at radius 1 is 1.41 bits per heavy atom. The number of rotatable bonds is 7. The molecule has 0 radical (unpaired) electrons. The number of H-pyrrole nitrogens is 1. The Balaban J connectivity index is 1.48. The average Bonchev–Trinajstić information content (AvgIpc) is 3.41. The predicted octanol–water partition coefficient (Wildman–Crippen LogP) is 3.37. The molecule has 0 unspecified atom stereocenters. The second kappa shape index (κ2) is 9.11. The molecule has 172 valence electrons. The summed E-state index contributed by atoms with van der Waals surface area (Å²) in [7, 11) is 1.62. The highest BCUT2D eigenvalue weighted by Gasteiger charge is 2.40. The lowest BCUT2D eigenvalue weighted by atomic mass is 10.0. The van der Waals surface area contributed by atoms with Crippen LogP contribution in [0.4, 0.5) is 20.8 Å². The van der Waals surface area contributed by atoms with Gasteiger partial charge in [0.15, 0.2) is 11.6 Å². The summed E-state index contributed by atoms with van der Waals surface area (Å²) >= 11 is 0. The Hall–Kier alpha value is -3.21. The molecule has 3 heterocycles. The number of alkyl carbamates (subject to hydrolysis) is 1. The maximum absolute atomic E-state index is 15.0. The van der Waals surface area contributed by atoms with Crippen LogP contribution in [0.15, 0.2) is 18.5 Å². The van der Waals surface area contributed by atoms with Crippen molar-refractivity contribution < 1.29 is 18.7 Å². The Labute approximate surface area is 184 Å². The van der Waals surface area contributed by atoms with Crippen molar-refractivity contribution in [2.45, 2.75) is 64.5 Å². The molecule has 0 aliphatic heterocycles. The molecule has 1 amide bonds. The molecule has 1 aliphatic carbocycles. The van der Waals surface area contributed by atoms with Crippen LogP contribution in [0, 0.1) is 6.92 Å². The van der Waals surface area contributed by atoms with E-state index in [1.807, 2.05) is 20.8 Å². The summed E-state index contributed by atoms with van der Waals surface area (Å²) < 4.78 is 27.2. The minimum Gasteiger partial charge on any atom is -0.443 e. The minimum atomic E-state index is -1.31. The fourth-order valence-electron chi connectivity index (χ4n) is 4.05. The summed E-state index contributed by atoms with van der Waals surface area (Å²) in [5.41, 5.74) is 3.24. The van der Waals surface area contributed by atoms with Crippen LogP contribution in [0.1, 0.15) is 49.6 Å². The van der Waals surface area contributed by atoms with Crippen LogP contribution in [0.25, 0.3) is 5.52 Å². The molecule has 0 bridgehead atoms. The quantitative estimate of drug-likeness (QED) is 0.510. The van der Waals surface area contributed by atoms with Gasteiger partial charge in [-0.25, -0.2) is 18.7 Å². The summed E-state index contributed by atoms with van der Waals surface area (Å²) in [5, 5.41) is 17.5. The van der Waals surface area contributed by atoms with Crippen molar-refractivity contribution in [3.63, 3.8) is 0 Å². The second-order valence-electron chi connectivity index (χ2n) is 8.28. The molecule has 11 heteroatoms. The average molecular weight is 445 g/mol. The number of halogens is 1. The number of nitrogens with zero attached hydrogens (tertiary/aromatic N) is 4. The number of carbonyl (C=O) groups is 1. The van der Waals surface area contributed by atoms with Crippen molar-refractivity contribution in [2.24, 2.45) is 0 Å². The number of aryl methyl sites for hydroxylation is 1. The number of methoxy groups -OCH3 is 1. The number of hydrogen-bond acceptors (Lipinski definition) is 7. The van der Waals surface area contributed by atoms with Crippen LogP contribution in [0.2, 0.25) is 0 Å². The number of aromatic amines is 1. The van der Waals surface area contributed by atoms with E-state index in [4.69, 9.17) is 9.47 Å². The van der Waals surface area contributed by atoms with Gasteiger partial charge in [0.2, 0.25) is 0 Å². The number of aromatic nitrogens is 5. The van der Waals surface area contributed by atoms with Gasteiger partial charge in [0.05, 0.1) is 12.3 Å². The van der Waals surface area contributed by atoms with Gasteiger partial charge in [-0.2, -0.15) is 10.2 Å². The van der Waals surface area contributed by atoms with Gasteiger partial charge in [0.25, 0.3) is 0 Å². The normalized spacial score (nSPS) is 20.8. The molecule has 4 rings (SSSR count). The summed E-state index contributed by atoms with van der Waals surface area (Å²) in [4.78, 5) is 16.3. The smallest absolute Gasteiger partial charge is 0.407 e. The van der Waals surface area contributed by atoms with Gasteiger partial charge in [-0.3, -0.25) is 5.10 Å². The number of amides is 1. The van der Waals surface area contributed by atoms with E-state index < -0.39 is 24.3 Å². The molecule has 3 aromatic heterocycles. The van der Waals surface area contributed by atoms with Crippen LogP contribution in [0.5, 0.6) is 0 Å². The Bertz CT molecular complexity index is 1100. The third-order valence-corrected chi connectivity index (χ3v) is 5.57. The lowest BCUT2D eigenvalue weighted by molar-refractivity contribution is 0.0555. The molecule has 10 nitrogen and oxygen atoms in total. The Morgan fingerprint density at radius 3 is 2.97 bits per heavy atom. The van der Waals surface area contributed by atoms with Gasteiger partial charge in [-0.15, -0.1) is 0 Å². The molecule has 3 aromatic rings. The van der Waals surface area contributed by atoms with Crippen molar-refractivity contribution in [1.29, 1.82) is 0 Å². The number of carbonyl (C=O) groups excluding carboxylic acids is 1. The fraction of sp³-hybridized carbons (Fsp3) is 0.524. The molecule has 1 saturated carbocycles. The van der Waals surface area contributed by atoms with Crippen LogP contribution < -0.4 is 10.6 Å². The number of ether oxygens (including phenoxy) is 2. The third-order valence-electron chi connectivity index (χ3n) is 5.57. The van der Waals surface area contributed by atoms with E-state index >= 15 is 0 Å². The van der Waals surface area contributed by atoms with Crippen molar-refractivity contribution in [3.05, 3.63) is 35.4 Å². The summed E-state index contributed by atoms with van der Waals surface area (Å²) in [6.45, 7) is 6.01. The first-order valence-electron chi connectivity index (χ1n) is 10.6. The van der Waals surface area contributed by atoms with Crippen LogP contribution in [-0.4, -0.2) is 56.3 Å². The molecule has 32 heavy (non-hydrogen) atoms. The molecule has 0 aromatic carbocycles. The monoisotopic (exact) mass is 445 g/mol. The SMILES string of the molecule is COCc1nn2ccnc(Nc3cc([C@@H]4CC[C@H](OC(=O)NC(C)C)[C@@H]4F)[nH]n3)c2c1C. The highest BCUT2D eigenvalue weighted by molar-refractivity contribution is 5.76. The van der Waals surface area contributed by atoms with Gasteiger partial charge >= 0.3 is 6.09 Å². The van der Waals surface area contributed by atoms with Crippen LogP contribution in [-0.2, 0) is 16.1 Å². The van der Waals surface area contributed by atoms with E-state index in [-0.39, 0.29) is 6.04 Å². The summed E-state index contributed by atoms with van der Waals surface area (Å²) in [5.74, 6) is 0.681. The predicted molar refractivity (Wildman–Crippen MR) is 116 cm³/mol. The highest BCUT2D eigenvalue weighted by Crippen LogP contribution is 2.38. The number of nitrogens with one attached hydrogen (secondary N) is 3. The van der Waals surface area contributed by atoms with Crippen molar-refractivity contribution in [2.75, 3.05) is 12.4 Å². The molecule has 0 spiro atoms. The molecular weight excluding hydrogens is 417 g/mol. The van der Waals surface area contributed by atoms with Crippen molar-refractivity contribution in [3.8, 4) is 0 Å². The maximum Gasteiger partial charge on any atom is 0.407 e. The number of hydrogen-bond donors (Lipinski definition) is 3. The van der Waals surface area contributed by atoms with E-state index in [1.165, 1.54) is 0 Å². The van der Waals surface area contributed by atoms with Gasteiger partial charge in [-0.05, 0) is 33.6 Å². The number of anilines is 2. The second-order valence-corrected chi connectivity index (χ2v) is 8.28. The van der Waals surface area contributed by atoms with Gasteiger partial charge in [-0.1, -0.05) is 0 Å². The standard InChI is InChI=1S/C21H28FN7O3/c1-11(2)24-21(30)32-16-6-5-13(18(16)22)14-9-17(27-26-14)25-20-19-12(3)15(10-31-4)28-29(19)8-7-23-20/h7-9,11,13,16,18H,5-6,10H2,1-4H3,(H,24,30)(H2,23,25,26,27)/t13-,16-,18+/m0/s1. The number of alkyl halides is 1. The van der Waals surface area contributed by atoms with E-state index in [1.54, 1.807) is 30.1 Å². The molecule has 0 saturated heterocycles. The summed E-state index contributed by atoms with van der Waals surface area (Å²) in [6, 6.07) is 1.70. The third kappa shape index (κ3) is 4.38. The van der Waals surface area contributed by atoms with Gasteiger partial charge in [0, 0.05) is 48.8 Å². The first-order valence-corrected chi connectivity index (χ1v) is 10.6. The van der Waals surface area contributed by atoms with E-state index in [0.29, 0.717) is 36.8 Å². The highest BCUT2D eigenvalue weighted by atomic mass is 19.1. The zero-order chi connectivity index (χ0) is 22.8. The van der Waals surface area contributed by atoms with Gasteiger partial charge < -0.3 is 20.1 Å². The van der Waals surface area contributed by atoms with E-state index in [9.17, 15) is 9.18 Å². The molecule has 1 fully saturated rings. The lowest BCUT2D eigenvalue weighted by Crippen LogP contribution is -2.36. The zero-order valence-corrected chi connectivity index (χ0v) is 18.6. The van der Waals surface area contributed by atoms with Gasteiger partial charge in [0.1, 0.15) is 17.8 Å². The molecule has 3 N–H and O–H groups in total. The Morgan fingerprint density at radius 2 is 2.22 bits per heavy atom. The zero-order valence-electron chi connectivity index (χ0n) is 18.6. The minimum absolute atomic E-state index is 0.0675. The molecule has 1 aliphatic rings. The first-order chi connectivity index (χ1) is 15.4. The number of fused-ring (bicyclic) bond motifs is 1. The summed E-state index contributed by atoms with van der Waals surface area (Å²) in [6.07, 6.45) is 1.74.